The molecule has 2 aromatic carbocycles. The van der Waals surface area contributed by atoms with Crippen molar-refractivity contribution in [1.82, 2.24) is 5.32 Å². The highest BCUT2D eigenvalue weighted by Gasteiger charge is 2.40. The lowest BCUT2D eigenvalue weighted by atomic mass is 9.88. The van der Waals surface area contributed by atoms with Gasteiger partial charge in [-0.2, -0.15) is 39.5 Å². The van der Waals surface area contributed by atoms with Gasteiger partial charge in [0.15, 0.2) is 0 Å². The van der Waals surface area contributed by atoms with E-state index in [0.717, 1.165) is 0 Å². The van der Waals surface area contributed by atoms with E-state index >= 15 is 0 Å². The first-order valence-corrected chi connectivity index (χ1v) is 10.4. The van der Waals surface area contributed by atoms with Crippen LogP contribution in [0.1, 0.15) is 71.4 Å². The Morgan fingerprint density at radius 3 is 2.14 bits per heavy atom. The highest BCUT2D eigenvalue weighted by molar-refractivity contribution is 5.90. The first-order valence-electron chi connectivity index (χ1n) is 14.4. The average Bonchev–Trinajstić information content (AvgIpc) is 2.83. The van der Waals surface area contributed by atoms with E-state index in [1.807, 2.05) is 0 Å². The SMILES string of the molecule is [2H]C([2H])([2H])C[C@@H]1C[C@H](NCc2cc(C(F)(F)F)cc(C(F)(F)F)c2)c2cc(C(F)(F)F)ccc2N1C(=O)OC([2H])([2H])C([2H])([2H])[2H]. The van der Waals surface area contributed by atoms with Gasteiger partial charge in [0.05, 0.1) is 31.7 Å². The van der Waals surface area contributed by atoms with E-state index in [1.165, 1.54) is 0 Å². The highest BCUT2D eigenvalue weighted by Crippen LogP contribution is 2.42. The molecule has 1 heterocycles. The van der Waals surface area contributed by atoms with Crippen molar-refractivity contribution in [2.24, 2.45) is 0 Å². The van der Waals surface area contributed by atoms with Crippen LogP contribution in [-0.4, -0.2) is 18.7 Å². The molecule has 37 heavy (non-hydrogen) atoms. The second-order valence-corrected chi connectivity index (χ2v) is 8.05. The van der Waals surface area contributed by atoms with Crippen molar-refractivity contribution < 1.29 is 60.0 Å². The number of hydrogen-bond acceptors (Lipinski definition) is 3. The Labute approximate surface area is 217 Å². The molecule has 0 bridgehead atoms. The summed E-state index contributed by atoms with van der Waals surface area (Å²) in [4.78, 5) is 13.6. The lowest BCUT2D eigenvalue weighted by Gasteiger charge is -2.40. The molecule has 1 N–H and O–H groups in total. The zero-order valence-electron chi connectivity index (χ0n) is 26.4. The molecule has 2 atom stereocenters. The minimum absolute atomic E-state index is 0.122. The summed E-state index contributed by atoms with van der Waals surface area (Å²) >= 11 is 0. The maximum absolute atomic E-state index is 13.6. The van der Waals surface area contributed by atoms with Gasteiger partial charge in [-0.3, -0.25) is 4.90 Å². The van der Waals surface area contributed by atoms with Gasteiger partial charge < -0.3 is 10.1 Å². The van der Waals surface area contributed by atoms with Crippen LogP contribution in [0.15, 0.2) is 36.4 Å². The molecule has 1 aliphatic rings. The van der Waals surface area contributed by atoms with Crippen molar-refractivity contribution in [3.8, 4) is 0 Å². The predicted octanol–water partition coefficient (Wildman–Crippen LogP) is 7.72. The van der Waals surface area contributed by atoms with E-state index in [-0.39, 0.29) is 6.07 Å². The smallest absolute Gasteiger partial charge is 0.416 e. The number of benzene rings is 2. The molecule has 1 amide bonds. The third kappa shape index (κ3) is 6.49. The van der Waals surface area contributed by atoms with Crippen LogP contribution >= 0.6 is 0 Å². The Morgan fingerprint density at radius 1 is 0.973 bits per heavy atom. The molecule has 4 nitrogen and oxygen atoms in total. The number of amides is 1. The number of ether oxygens (including phenoxy) is 1. The highest BCUT2D eigenvalue weighted by atomic mass is 19.4. The van der Waals surface area contributed by atoms with Gasteiger partial charge in [0.25, 0.3) is 0 Å². The predicted molar refractivity (Wildman–Crippen MR) is 116 cm³/mol. The topological polar surface area (TPSA) is 41.6 Å². The van der Waals surface area contributed by atoms with Crippen LogP contribution in [0.2, 0.25) is 0 Å². The van der Waals surface area contributed by atoms with Crippen LogP contribution in [0.3, 0.4) is 0 Å². The minimum Gasteiger partial charge on any atom is -0.449 e. The normalized spacial score (nSPS) is 22.8. The molecule has 0 spiro atoms. The molecule has 1 aliphatic heterocycles. The molecule has 204 valence electrons. The molecule has 0 unspecified atom stereocenters. The fourth-order valence-electron chi connectivity index (χ4n) is 4.00. The van der Waals surface area contributed by atoms with Crippen molar-refractivity contribution in [2.75, 3.05) is 11.5 Å². The third-order valence-corrected chi connectivity index (χ3v) is 5.63. The molecular formula is C24H23F9N2O2. The fraction of sp³-hybridized carbons (Fsp3) is 0.458. The number of nitrogens with zero attached hydrogens (tertiary/aromatic N) is 1. The summed E-state index contributed by atoms with van der Waals surface area (Å²) in [6.07, 6.45) is -18.6. The zero-order valence-corrected chi connectivity index (χ0v) is 18.4. The van der Waals surface area contributed by atoms with Crippen molar-refractivity contribution >= 4 is 11.8 Å². The summed E-state index contributed by atoms with van der Waals surface area (Å²) in [5, 5.41) is 2.55. The third-order valence-electron chi connectivity index (χ3n) is 5.63. The molecule has 0 fully saturated rings. The number of anilines is 1. The summed E-state index contributed by atoms with van der Waals surface area (Å²) < 4.78 is 185. The van der Waals surface area contributed by atoms with Gasteiger partial charge >= 0.3 is 24.6 Å². The Hall–Kier alpha value is -2.96. The summed E-state index contributed by atoms with van der Waals surface area (Å²) in [6.45, 7) is -10.8. The molecule has 2 aromatic rings. The van der Waals surface area contributed by atoms with Crippen molar-refractivity contribution in [3.05, 3.63) is 64.2 Å². The maximum Gasteiger partial charge on any atom is 0.416 e. The van der Waals surface area contributed by atoms with E-state index in [1.54, 1.807) is 0 Å². The van der Waals surface area contributed by atoms with Crippen molar-refractivity contribution in [1.29, 1.82) is 0 Å². The summed E-state index contributed by atoms with van der Waals surface area (Å²) in [5.74, 6) is 0. The van der Waals surface area contributed by atoms with Crippen molar-refractivity contribution in [2.45, 2.75) is 63.7 Å². The maximum atomic E-state index is 13.6. The monoisotopic (exact) mass is 550 g/mol. The van der Waals surface area contributed by atoms with Crippen LogP contribution in [0.25, 0.3) is 0 Å². The number of carbonyl (C=O) groups excluding carboxylic acids is 1. The van der Waals surface area contributed by atoms with Gasteiger partial charge in [-0.25, -0.2) is 4.79 Å². The Kier molecular flexibility index (Phi) is 5.40. The second kappa shape index (κ2) is 10.4. The van der Waals surface area contributed by atoms with E-state index in [9.17, 15) is 44.3 Å². The molecule has 0 aromatic heterocycles. The molecule has 3 rings (SSSR count). The van der Waals surface area contributed by atoms with E-state index < -0.39 is 110 Å². The number of halogens is 9. The summed E-state index contributed by atoms with van der Waals surface area (Å²) in [6, 6.07) is -0.621. The number of nitrogens with one attached hydrogen (secondary N) is 1. The van der Waals surface area contributed by atoms with Crippen LogP contribution in [0.4, 0.5) is 50.0 Å². The quantitative estimate of drug-likeness (QED) is 0.388. The number of hydrogen-bond donors (Lipinski definition) is 1. The average molecular weight is 550 g/mol. The number of rotatable bonds is 5. The first-order chi connectivity index (χ1) is 20.1. The standard InChI is InChI=1S/C24H23F9N2O2/c1-3-17-11-19(34-12-13-7-15(23(28,29)30)9-16(8-13)24(31,32)33)18-10-14(22(25,26)27)5-6-20(18)35(17)21(36)37-4-2/h5-10,17,19,34H,3-4,11-12H2,1-2H3/t17-,19+/m1/s1/i1D3,2D3,4D2. The molecule has 0 saturated heterocycles. The zero-order chi connectivity index (χ0) is 34.6. The van der Waals surface area contributed by atoms with Gasteiger partial charge in [-0.1, -0.05) is 6.85 Å². The van der Waals surface area contributed by atoms with E-state index in [2.05, 4.69) is 10.1 Å². The Morgan fingerprint density at radius 2 is 1.59 bits per heavy atom. The first kappa shape index (κ1) is 19.2. The van der Waals surface area contributed by atoms with Crippen molar-refractivity contribution in [3.63, 3.8) is 0 Å². The number of fused-ring (bicyclic) bond motifs is 1. The van der Waals surface area contributed by atoms with Crippen LogP contribution in [0.5, 0.6) is 0 Å². The fourth-order valence-corrected chi connectivity index (χ4v) is 4.00. The Balaban J connectivity index is 2.13. The van der Waals surface area contributed by atoms with Gasteiger partial charge in [0, 0.05) is 26.9 Å². The molecule has 0 saturated carbocycles. The molecule has 0 radical (unpaired) electrons. The number of carbonyl (C=O) groups is 1. The van der Waals surface area contributed by atoms with E-state index in [0.29, 0.717) is 35.2 Å². The summed E-state index contributed by atoms with van der Waals surface area (Å²) in [7, 11) is 0. The van der Waals surface area contributed by atoms with E-state index in [4.69, 9.17) is 11.0 Å². The molecule has 13 heteroatoms. The van der Waals surface area contributed by atoms with Crippen LogP contribution in [-0.2, 0) is 29.8 Å². The molecule has 0 aliphatic carbocycles. The summed E-state index contributed by atoms with van der Waals surface area (Å²) in [5.41, 5.74) is -6.11. The lowest BCUT2D eigenvalue weighted by molar-refractivity contribution is -0.143. The van der Waals surface area contributed by atoms with Gasteiger partial charge in [-0.05, 0) is 67.2 Å². The number of alkyl halides is 9. The second-order valence-electron chi connectivity index (χ2n) is 8.05. The lowest BCUT2D eigenvalue weighted by Crippen LogP contribution is -2.47. The van der Waals surface area contributed by atoms with Gasteiger partial charge in [-0.15, -0.1) is 0 Å². The van der Waals surface area contributed by atoms with Gasteiger partial charge in [0.2, 0.25) is 0 Å². The van der Waals surface area contributed by atoms with Gasteiger partial charge in [0.1, 0.15) is 0 Å². The molecular weight excluding hydrogens is 519 g/mol. The Bertz CT molecular complexity index is 1380. The largest absolute Gasteiger partial charge is 0.449 e. The minimum atomic E-state index is -5.19. The van der Waals surface area contributed by atoms with Crippen LogP contribution < -0.4 is 10.2 Å². The van der Waals surface area contributed by atoms with Crippen LogP contribution in [0, 0.1) is 0 Å².